The highest BCUT2D eigenvalue weighted by Crippen LogP contribution is 2.23. The molecule has 0 N–H and O–H groups in total. The van der Waals surface area contributed by atoms with Crippen molar-refractivity contribution >= 4 is 6.29 Å². The van der Waals surface area contributed by atoms with E-state index in [4.69, 9.17) is 4.74 Å². The van der Waals surface area contributed by atoms with Crippen LogP contribution in [0.1, 0.15) is 17.0 Å². The van der Waals surface area contributed by atoms with E-state index < -0.39 is 0 Å². The first kappa shape index (κ1) is 13.3. The largest absolute Gasteiger partial charge is 0.497 e. The molecule has 0 heterocycles. The Kier molecular flexibility index (Phi) is 4.29. The summed E-state index contributed by atoms with van der Waals surface area (Å²) in [5, 5.41) is 0. The standard InChI is InChI=1S/C16H15FO2/c1-19-16-4-2-3-13(10-16)14(11-18)9-12-5-7-15(17)8-6-12/h2-8,10-11,14H,9H2,1H3. The minimum Gasteiger partial charge on any atom is -0.497 e. The van der Waals surface area contributed by atoms with Crippen molar-refractivity contribution in [2.24, 2.45) is 0 Å². The normalized spacial score (nSPS) is 11.9. The summed E-state index contributed by atoms with van der Waals surface area (Å²) in [6.07, 6.45) is 1.47. The van der Waals surface area contributed by atoms with Gasteiger partial charge in [-0.3, -0.25) is 0 Å². The van der Waals surface area contributed by atoms with Crippen molar-refractivity contribution in [1.82, 2.24) is 0 Å². The van der Waals surface area contributed by atoms with E-state index in [1.807, 2.05) is 24.3 Å². The summed E-state index contributed by atoms with van der Waals surface area (Å²) in [6, 6.07) is 13.6. The molecular formula is C16H15FO2. The zero-order chi connectivity index (χ0) is 13.7. The zero-order valence-corrected chi connectivity index (χ0v) is 10.7. The Labute approximate surface area is 111 Å². The minimum absolute atomic E-state index is 0.249. The van der Waals surface area contributed by atoms with Gasteiger partial charge in [0.25, 0.3) is 0 Å². The molecule has 0 aliphatic heterocycles. The highest BCUT2D eigenvalue weighted by Gasteiger charge is 2.12. The van der Waals surface area contributed by atoms with Crippen molar-refractivity contribution in [3.63, 3.8) is 0 Å². The molecule has 0 spiro atoms. The number of ether oxygens (including phenoxy) is 1. The Morgan fingerprint density at radius 2 is 1.95 bits per heavy atom. The second kappa shape index (κ2) is 6.14. The van der Waals surface area contributed by atoms with Gasteiger partial charge in [0.05, 0.1) is 7.11 Å². The van der Waals surface area contributed by atoms with Gasteiger partial charge in [-0.1, -0.05) is 24.3 Å². The van der Waals surface area contributed by atoms with Gasteiger partial charge in [0.15, 0.2) is 0 Å². The fourth-order valence-corrected chi connectivity index (χ4v) is 1.99. The predicted octanol–water partition coefficient (Wildman–Crippen LogP) is 3.36. The SMILES string of the molecule is COc1cccc(C(C=O)Cc2ccc(F)cc2)c1. The maximum Gasteiger partial charge on any atom is 0.127 e. The van der Waals surface area contributed by atoms with E-state index in [-0.39, 0.29) is 11.7 Å². The first-order chi connectivity index (χ1) is 9.22. The summed E-state index contributed by atoms with van der Waals surface area (Å²) in [7, 11) is 1.59. The van der Waals surface area contributed by atoms with Crippen LogP contribution < -0.4 is 4.74 Å². The van der Waals surface area contributed by atoms with Crippen LogP contribution in [0.15, 0.2) is 48.5 Å². The fraction of sp³-hybridized carbons (Fsp3) is 0.188. The molecule has 0 saturated carbocycles. The lowest BCUT2D eigenvalue weighted by atomic mass is 9.93. The molecule has 0 fully saturated rings. The lowest BCUT2D eigenvalue weighted by Gasteiger charge is -2.12. The number of aldehydes is 1. The number of carbonyl (C=O) groups is 1. The Morgan fingerprint density at radius 1 is 1.21 bits per heavy atom. The van der Waals surface area contributed by atoms with Gasteiger partial charge in [-0.2, -0.15) is 0 Å². The highest BCUT2D eigenvalue weighted by atomic mass is 19.1. The van der Waals surface area contributed by atoms with Gasteiger partial charge in [-0.25, -0.2) is 4.39 Å². The number of benzene rings is 2. The molecule has 98 valence electrons. The second-order valence-corrected chi connectivity index (χ2v) is 4.35. The quantitative estimate of drug-likeness (QED) is 0.769. The topological polar surface area (TPSA) is 26.3 Å². The van der Waals surface area contributed by atoms with Crippen LogP contribution in [0.4, 0.5) is 4.39 Å². The van der Waals surface area contributed by atoms with Crippen LogP contribution >= 0.6 is 0 Å². The Balaban J connectivity index is 2.19. The third kappa shape index (κ3) is 3.41. The summed E-state index contributed by atoms with van der Waals surface area (Å²) < 4.78 is 18.0. The van der Waals surface area contributed by atoms with E-state index in [0.29, 0.717) is 6.42 Å². The van der Waals surface area contributed by atoms with E-state index in [1.54, 1.807) is 19.2 Å². The molecule has 2 nitrogen and oxygen atoms in total. The maximum atomic E-state index is 12.8. The van der Waals surface area contributed by atoms with Gasteiger partial charge in [0.2, 0.25) is 0 Å². The number of methoxy groups -OCH3 is 1. The van der Waals surface area contributed by atoms with E-state index in [1.165, 1.54) is 12.1 Å². The molecule has 0 saturated heterocycles. The smallest absolute Gasteiger partial charge is 0.127 e. The van der Waals surface area contributed by atoms with Crippen LogP contribution in [0.2, 0.25) is 0 Å². The van der Waals surface area contributed by atoms with Gasteiger partial charge >= 0.3 is 0 Å². The average molecular weight is 258 g/mol. The molecule has 0 aliphatic carbocycles. The van der Waals surface area contributed by atoms with Gasteiger partial charge in [-0.05, 0) is 41.8 Å². The van der Waals surface area contributed by atoms with Gasteiger partial charge in [0, 0.05) is 5.92 Å². The van der Waals surface area contributed by atoms with Crippen molar-refractivity contribution in [2.45, 2.75) is 12.3 Å². The molecular weight excluding hydrogens is 243 g/mol. The fourth-order valence-electron chi connectivity index (χ4n) is 1.99. The van der Waals surface area contributed by atoms with Gasteiger partial charge < -0.3 is 9.53 Å². The summed E-state index contributed by atoms with van der Waals surface area (Å²) in [6.45, 7) is 0. The Morgan fingerprint density at radius 3 is 2.58 bits per heavy atom. The minimum atomic E-state index is -0.271. The molecule has 0 aliphatic rings. The predicted molar refractivity (Wildman–Crippen MR) is 71.9 cm³/mol. The molecule has 3 heteroatoms. The number of halogens is 1. The van der Waals surface area contributed by atoms with E-state index in [0.717, 1.165) is 23.2 Å². The molecule has 1 atom stereocenters. The van der Waals surface area contributed by atoms with Gasteiger partial charge in [-0.15, -0.1) is 0 Å². The third-order valence-electron chi connectivity index (χ3n) is 3.06. The van der Waals surface area contributed by atoms with Crippen molar-refractivity contribution < 1.29 is 13.9 Å². The Hall–Kier alpha value is -2.16. The van der Waals surface area contributed by atoms with Crippen molar-refractivity contribution in [3.8, 4) is 5.75 Å². The molecule has 0 amide bonds. The van der Waals surface area contributed by atoms with Crippen LogP contribution in [0.5, 0.6) is 5.75 Å². The second-order valence-electron chi connectivity index (χ2n) is 4.35. The first-order valence-corrected chi connectivity index (χ1v) is 6.06. The number of hydrogen-bond acceptors (Lipinski definition) is 2. The molecule has 2 aromatic carbocycles. The summed E-state index contributed by atoms with van der Waals surface area (Å²) in [4.78, 5) is 11.3. The van der Waals surface area contributed by atoms with Crippen molar-refractivity contribution in [2.75, 3.05) is 7.11 Å². The first-order valence-electron chi connectivity index (χ1n) is 6.06. The molecule has 2 rings (SSSR count). The number of hydrogen-bond donors (Lipinski definition) is 0. The summed E-state index contributed by atoms with van der Waals surface area (Å²) in [5.41, 5.74) is 1.83. The molecule has 19 heavy (non-hydrogen) atoms. The van der Waals surface area contributed by atoms with Crippen LogP contribution in [-0.4, -0.2) is 13.4 Å². The van der Waals surface area contributed by atoms with Crippen LogP contribution in [0.25, 0.3) is 0 Å². The summed E-state index contributed by atoms with van der Waals surface area (Å²) >= 11 is 0. The highest BCUT2D eigenvalue weighted by molar-refractivity contribution is 5.63. The van der Waals surface area contributed by atoms with Crippen molar-refractivity contribution in [3.05, 3.63) is 65.5 Å². The third-order valence-corrected chi connectivity index (χ3v) is 3.06. The molecule has 0 radical (unpaired) electrons. The van der Waals surface area contributed by atoms with Crippen LogP contribution in [-0.2, 0) is 11.2 Å². The monoisotopic (exact) mass is 258 g/mol. The lowest BCUT2D eigenvalue weighted by molar-refractivity contribution is -0.109. The van der Waals surface area contributed by atoms with Gasteiger partial charge in [0.1, 0.15) is 17.9 Å². The maximum absolute atomic E-state index is 12.8. The Bertz CT molecular complexity index is 549. The molecule has 2 aromatic rings. The van der Waals surface area contributed by atoms with Crippen molar-refractivity contribution in [1.29, 1.82) is 0 Å². The van der Waals surface area contributed by atoms with E-state index in [2.05, 4.69) is 0 Å². The van der Waals surface area contributed by atoms with E-state index in [9.17, 15) is 9.18 Å². The number of rotatable bonds is 5. The molecule has 0 aromatic heterocycles. The average Bonchev–Trinajstić information content (AvgIpc) is 2.46. The molecule has 0 bridgehead atoms. The van der Waals surface area contributed by atoms with Crippen LogP contribution in [0, 0.1) is 5.82 Å². The van der Waals surface area contributed by atoms with E-state index >= 15 is 0 Å². The zero-order valence-electron chi connectivity index (χ0n) is 10.7. The molecule has 1 unspecified atom stereocenters. The lowest BCUT2D eigenvalue weighted by Crippen LogP contribution is -2.04. The summed E-state index contributed by atoms with van der Waals surface area (Å²) in [5.74, 6) is 0.205. The van der Waals surface area contributed by atoms with Crippen LogP contribution in [0.3, 0.4) is 0 Å². The number of carbonyl (C=O) groups excluding carboxylic acids is 1.